The van der Waals surface area contributed by atoms with Crippen molar-refractivity contribution in [3.8, 4) is 0 Å². The Morgan fingerprint density at radius 2 is 1.68 bits per heavy atom. The number of rotatable bonds is 6. The average molecular weight is 386 g/mol. The Bertz CT molecular complexity index is 787. The van der Waals surface area contributed by atoms with Crippen molar-refractivity contribution in [3.63, 3.8) is 0 Å². The van der Waals surface area contributed by atoms with Gasteiger partial charge in [-0.1, -0.05) is 0 Å². The van der Waals surface area contributed by atoms with Gasteiger partial charge in [-0.15, -0.1) is 0 Å². The van der Waals surface area contributed by atoms with Crippen LogP contribution in [-0.2, 0) is 16.0 Å². The summed E-state index contributed by atoms with van der Waals surface area (Å²) in [5, 5.41) is 3.13. The number of nitrogens with one attached hydrogen (secondary N) is 2. The van der Waals surface area contributed by atoms with Crippen molar-refractivity contribution in [2.45, 2.75) is 58.8 Å². The lowest BCUT2D eigenvalue weighted by molar-refractivity contribution is -0.122. The van der Waals surface area contributed by atoms with Crippen LogP contribution in [0.4, 0.5) is 0 Å². The van der Waals surface area contributed by atoms with Gasteiger partial charge in [-0.2, -0.15) is 0 Å². The minimum atomic E-state index is -0.523. The van der Waals surface area contributed by atoms with Gasteiger partial charge in [0, 0.05) is 19.2 Å². The van der Waals surface area contributed by atoms with Gasteiger partial charge in [0.05, 0.1) is 24.8 Å². The van der Waals surface area contributed by atoms with Crippen LogP contribution in [0, 0.1) is 30.1 Å². The summed E-state index contributed by atoms with van der Waals surface area (Å²) >= 11 is 0. The van der Waals surface area contributed by atoms with E-state index in [0.717, 1.165) is 24.3 Å². The normalized spacial score (nSPS) is 30.3. The predicted molar refractivity (Wildman–Crippen MR) is 104 cm³/mol. The Kier molecular flexibility index (Phi) is 4.84. The van der Waals surface area contributed by atoms with Crippen LogP contribution in [0.5, 0.6) is 0 Å². The minimum absolute atomic E-state index is 0.0465. The lowest BCUT2D eigenvalue weighted by atomic mass is 9.49. The highest BCUT2D eigenvalue weighted by molar-refractivity contribution is 6.01. The van der Waals surface area contributed by atoms with E-state index < -0.39 is 5.97 Å². The van der Waals surface area contributed by atoms with Crippen molar-refractivity contribution >= 4 is 17.7 Å². The molecule has 0 spiro atoms. The van der Waals surface area contributed by atoms with E-state index in [4.69, 9.17) is 4.74 Å². The summed E-state index contributed by atoms with van der Waals surface area (Å²) < 4.78 is 4.86. The van der Waals surface area contributed by atoms with Crippen LogP contribution in [-0.4, -0.2) is 36.3 Å². The molecule has 0 atom stereocenters. The van der Waals surface area contributed by atoms with Crippen LogP contribution in [0.2, 0.25) is 0 Å². The maximum Gasteiger partial charge on any atom is 0.339 e. The molecule has 2 N–H and O–H groups in total. The predicted octanol–water partition coefficient (Wildman–Crippen LogP) is 3.19. The molecular formula is C22H30N2O4. The zero-order valence-electron chi connectivity index (χ0n) is 17.0. The molecule has 6 heteroatoms. The summed E-state index contributed by atoms with van der Waals surface area (Å²) in [7, 11) is 1.30. The first-order chi connectivity index (χ1) is 13.3. The third-order valence-electron chi connectivity index (χ3n) is 7.23. The van der Waals surface area contributed by atoms with E-state index in [1.807, 2.05) is 0 Å². The number of aromatic amines is 1. The van der Waals surface area contributed by atoms with Crippen molar-refractivity contribution in [2.24, 2.45) is 23.2 Å². The van der Waals surface area contributed by atoms with Crippen LogP contribution in [0.25, 0.3) is 0 Å². The molecule has 28 heavy (non-hydrogen) atoms. The van der Waals surface area contributed by atoms with E-state index in [2.05, 4.69) is 10.3 Å². The largest absolute Gasteiger partial charge is 0.465 e. The number of ketones is 1. The molecule has 0 aromatic carbocycles. The topological polar surface area (TPSA) is 88.3 Å². The zero-order valence-corrected chi connectivity index (χ0v) is 17.0. The summed E-state index contributed by atoms with van der Waals surface area (Å²) in [5.74, 6) is 1.74. The molecule has 4 aliphatic carbocycles. The second kappa shape index (κ2) is 7.05. The van der Waals surface area contributed by atoms with E-state index in [-0.39, 0.29) is 23.5 Å². The number of H-pyrrole nitrogens is 1. The standard InChI is InChI=1S/C22H30N2O4/c1-12-19(21(27)28-3)17(24-20(12)13(2)25)7-18(26)23-11-22-8-14-4-15(9-22)6-16(5-14)10-22/h14-16,24H,4-11H2,1-3H3,(H,23,26). The number of carbonyl (C=O) groups is 3. The quantitative estimate of drug-likeness (QED) is 0.580. The van der Waals surface area contributed by atoms with E-state index in [1.165, 1.54) is 52.6 Å². The number of aromatic nitrogens is 1. The van der Waals surface area contributed by atoms with Gasteiger partial charge in [-0.3, -0.25) is 9.59 Å². The molecule has 6 nitrogen and oxygen atoms in total. The summed E-state index contributed by atoms with van der Waals surface area (Å²) in [5.41, 5.74) is 1.94. The number of Topliss-reactive ketones (excluding diaryl/α,β-unsaturated/α-hetero) is 1. The second-order valence-corrected chi connectivity index (χ2v) is 9.40. The third kappa shape index (κ3) is 3.38. The highest BCUT2D eigenvalue weighted by Crippen LogP contribution is 2.59. The fraction of sp³-hybridized carbons (Fsp3) is 0.682. The van der Waals surface area contributed by atoms with Gasteiger partial charge in [0.15, 0.2) is 5.78 Å². The molecule has 0 unspecified atom stereocenters. The Morgan fingerprint density at radius 3 is 2.18 bits per heavy atom. The van der Waals surface area contributed by atoms with Crippen LogP contribution >= 0.6 is 0 Å². The second-order valence-electron chi connectivity index (χ2n) is 9.40. The van der Waals surface area contributed by atoms with E-state index >= 15 is 0 Å². The molecule has 1 aromatic heterocycles. The fourth-order valence-corrected chi connectivity index (χ4v) is 6.54. The minimum Gasteiger partial charge on any atom is -0.465 e. The first-order valence-corrected chi connectivity index (χ1v) is 10.4. The number of carbonyl (C=O) groups excluding carboxylic acids is 3. The van der Waals surface area contributed by atoms with Crippen molar-refractivity contribution in [2.75, 3.05) is 13.7 Å². The Balaban J connectivity index is 1.45. The molecule has 152 valence electrons. The Morgan fingerprint density at radius 1 is 1.11 bits per heavy atom. The van der Waals surface area contributed by atoms with Crippen molar-refractivity contribution in [1.29, 1.82) is 0 Å². The first kappa shape index (κ1) is 19.2. The van der Waals surface area contributed by atoms with Gasteiger partial charge in [0.1, 0.15) is 0 Å². The molecule has 1 amide bonds. The average Bonchev–Trinajstić information content (AvgIpc) is 2.94. The number of hydrogen-bond donors (Lipinski definition) is 2. The van der Waals surface area contributed by atoms with Crippen LogP contribution in [0.1, 0.15) is 77.6 Å². The van der Waals surface area contributed by atoms with Gasteiger partial charge in [-0.25, -0.2) is 4.79 Å². The van der Waals surface area contributed by atoms with E-state index in [1.54, 1.807) is 6.92 Å². The van der Waals surface area contributed by atoms with Crippen LogP contribution in [0.15, 0.2) is 0 Å². The lowest BCUT2D eigenvalue weighted by Crippen LogP contribution is -2.51. The summed E-state index contributed by atoms with van der Waals surface area (Å²) in [6.07, 6.45) is 7.90. The number of esters is 1. The molecule has 1 aromatic rings. The molecule has 0 aliphatic heterocycles. The van der Waals surface area contributed by atoms with Crippen molar-refractivity contribution in [3.05, 3.63) is 22.5 Å². The van der Waals surface area contributed by atoms with E-state index in [0.29, 0.717) is 22.5 Å². The van der Waals surface area contributed by atoms with Gasteiger partial charge in [0.25, 0.3) is 0 Å². The zero-order chi connectivity index (χ0) is 20.1. The molecule has 4 fully saturated rings. The van der Waals surface area contributed by atoms with Crippen molar-refractivity contribution < 1.29 is 19.1 Å². The lowest BCUT2D eigenvalue weighted by Gasteiger charge is -2.56. The molecule has 1 heterocycles. The molecule has 4 bridgehead atoms. The Labute approximate surface area is 165 Å². The SMILES string of the molecule is COC(=O)c1c(CC(=O)NCC23CC4CC(CC(C4)C2)C3)[nH]c(C(C)=O)c1C. The number of hydrogen-bond acceptors (Lipinski definition) is 4. The number of ether oxygens (including phenoxy) is 1. The van der Waals surface area contributed by atoms with Gasteiger partial charge in [-0.05, 0) is 74.2 Å². The smallest absolute Gasteiger partial charge is 0.339 e. The maximum atomic E-state index is 12.7. The van der Waals surface area contributed by atoms with Gasteiger partial charge < -0.3 is 15.0 Å². The summed E-state index contributed by atoms with van der Waals surface area (Å²) in [6.45, 7) is 3.87. The van der Waals surface area contributed by atoms with Crippen molar-refractivity contribution in [1.82, 2.24) is 10.3 Å². The molecule has 5 rings (SSSR count). The molecule has 0 radical (unpaired) electrons. The van der Waals surface area contributed by atoms with Crippen LogP contribution < -0.4 is 5.32 Å². The Hall–Kier alpha value is -2.11. The fourth-order valence-electron chi connectivity index (χ4n) is 6.54. The molecule has 4 aliphatic rings. The summed E-state index contributed by atoms with van der Waals surface area (Å²) in [6, 6.07) is 0. The highest BCUT2D eigenvalue weighted by atomic mass is 16.5. The molecule has 0 saturated heterocycles. The van der Waals surface area contributed by atoms with Gasteiger partial charge >= 0.3 is 5.97 Å². The third-order valence-corrected chi connectivity index (χ3v) is 7.23. The van der Waals surface area contributed by atoms with Crippen LogP contribution in [0.3, 0.4) is 0 Å². The van der Waals surface area contributed by atoms with Gasteiger partial charge in [0.2, 0.25) is 5.91 Å². The first-order valence-electron chi connectivity index (χ1n) is 10.4. The number of amides is 1. The number of methoxy groups -OCH3 is 1. The summed E-state index contributed by atoms with van der Waals surface area (Å²) in [4.78, 5) is 39.7. The molecule has 4 saturated carbocycles. The monoisotopic (exact) mass is 386 g/mol. The highest BCUT2D eigenvalue weighted by Gasteiger charge is 2.50. The maximum absolute atomic E-state index is 12.7. The van der Waals surface area contributed by atoms with E-state index in [9.17, 15) is 14.4 Å². The molecular weight excluding hydrogens is 356 g/mol.